The van der Waals surface area contributed by atoms with E-state index in [0.29, 0.717) is 5.71 Å². The number of nitrogens with zero attached hydrogens (tertiary/aromatic N) is 1. The average Bonchev–Trinajstić information content (AvgIpc) is 2.43. The van der Waals surface area contributed by atoms with Crippen LogP contribution in [0.5, 0.6) is 0 Å². The zero-order valence-electron chi connectivity index (χ0n) is 11.7. The van der Waals surface area contributed by atoms with Gasteiger partial charge in [0.2, 0.25) is 0 Å². The highest BCUT2D eigenvalue weighted by Crippen LogP contribution is 2.26. The lowest BCUT2D eigenvalue weighted by atomic mass is 9.83. The first-order chi connectivity index (χ1) is 9.17. The minimum atomic E-state index is -0.148. The third-order valence-corrected chi connectivity index (χ3v) is 3.65. The van der Waals surface area contributed by atoms with Crippen LogP contribution in [0.4, 0.5) is 0 Å². The first-order valence-electron chi connectivity index (χ1n) is 6.68. The minimum absolute atomic E-state index is 0.104. The maximum atomic E-state index is 9.35. The fraction of sp³-hybridized carbons (Fsp3) is 0.438. The summed E-state index contributed by atoms with van der Waals surface area (Å²) in [6.45, 7) is 4.14. The molecule has 0 fully saturated rings. The van der Waals surface area contributed by atoms with Gasteiger partial charge in [-0.1, -0.05) is 55.4 Å². The van der Waals surface area contributed by atoms with Gasteiger partial charge in [0, 0.05) is 13.0 Å². The molecule has 0 radical (unpaired) electrons. The van der Waals surface area contributed by atoms with Crippen LogP contribution in [-0.4, -0.2) is 24.1 Å². The van der Waals surface area contributed by atoms with Gasteiger partial charge in [0.1, 0.15) is 6.10 Å². The van der Waals surface area contributed by atoms with Crippen molar-refractivity contribution >= 4 is 11.8 Å². The molecule has 3 heteroatoms. The predicted octanol–water partition coefficient (Wildman–Crippen LogP) is 3.37. The van der Waals surface area contributed by atoms with Crippen molar-refractivity contribution in [2.75, 3.05) is 7.11 Å². The molecule has 0 bridgehead atoms. The Bertz CT molecular complexity index is 491. The molecular formula is C16H21NO2. The zero-order chi connectivity index (χ0) is 13.8. The van der Waals surface area contributed by atoms with Gasteiger partial charge in [0.05, 0.1) is 5.71 Å². The maximum Gasteiger partial charge on any atom is 0.101 e. The molecule has 1 aliphatic carbocycles. The van der Waals surface area contributed by atoms with E-state index >= 15 is 0 Å². The van der Waals surface area contributed by atoms with E-state index in [1.54, 1.807) is 7.11 Å². The number of hydrogen-bond acceptors (Lipinski definition) is 3. The van der Waals surface area contributed by atoms with Crippen LogP contribution in [0.1, 0.15) is 25.0 Å². The Morgan fingerprint density at radius 3 is 2.74 bits per heavy atom. The van der Waals surface area contributed by atoms with Crippen LogP contribution < -0.4 is 0 Å². The van der Waals surface area contributed by atoms with E-state index in [2.05, 4.69) is 43.3 Å². The van der Waals surface area contributed by atoms with Crippen LogP contribution in [0.2, 0.25) is 0 Å². The Kier molecular flexibility index (Phi) is 4.38. The molecule has 1 aromatic carbocycles. The second kappa shape index (κ2) is 6.02. The molecule has 2 atom stereocenters. The Labute approximate surface area is 114 Å². The van der Waals surface area contributed by atoms with Crippen molar-refractivity contribution in [2.24, 2.45) is 17.0 Å². The van der Waals surface area contributed by atoms with Crippen molar-refractivity contribution in [3.63, 3.8) is 0 Å². The lowest BCUT2D eigenvalue weighted by molar-refractivity contribution is 0.111. The number of ether oxygens (including phenoxy) is 1. The largest absolute Gasteiger partial charge is 0.411 e. The van der Waals surface area contributed by atoms with Crippen molar-refractivity contribution in [2.45, 2.75) is 26.4 Å². The molecule has 1 N–H and O–H groups in total. The molecule has 0 heterocycles. The van der Waals surface area contributed by atoms with Gasteiger partial charge in [-0.2, -0.15) is 0 Å². The van der Waals surface area contributed by atoms with Gasteiger partial charge in [-0.3, -0.25) is 0 Å². The lowest BCUT2D eigenvalue weighted by Crippen LogP contribution is -2.35. The van der Waals surface area contributed by atoms with Crippen LogP contribution in [0, 0.1) is 11.8 Å². The number of allylic oxidation sites excluding steroid dienone is 1. The first kappa shape index (κ1) is 13.8. The molecule has 3 nitrogen and oxygen atoms in total. The lowest BCUT2D eigenvalue weighted by Gasteiger charge is -2.27. The van der Waals surface area contributed by atoms with Gasteiger partial charge >= 0.3 is 0 Å². The molecule has 1 aromatic rings. The van der Waals surface area contributed by atoms with Crippen LogP contribution in [-0.2, 0) is 11.2 Å². The standard InChI is InChI=1S/C16H21NO2/c1-11(2)16(19-3)15(17-18)14-9-8-12-6-4-5-7-13(12)10-14/h4-9,11,14,16,18H,10H2,1-3H3. The van der Waals surface area contributed by atoms with Gasteiger partial charge in [-0.05, 0) is 23.5 Å². The van der Waals surface area contributed by atoms with Crippen LogP contribution >= 0.6 is 0 Å². The van der Waals surface area contributed by atoms with E-state index in [1.165, 1.54) is 11.1 Å². The quantitative estimate of drug-likeness (QED) is 0.511. The van der Waals surface area contributed by atoms with Gasteiger partial charge in [0.25, 0.3) is 0 Å². The fourth-order valence-electron chi connectivity index (χ4n) is 2.69. The molecule has 102 valence electrons. The molecule has 1 aliphatic rings. The molecule has 2 rings (SSSR count). The number of benzene rings is 1. The summed E-state index contributed by atoms with van der Waals surface area (Å²) in [5, 5.41) is 12.9. The van der Waals surface area contributed by atoms with E-state index in [0.717, 1.165) is 6.42 Å². The van der Waals surface area contributed by atoms with Crippen LogP contribution in [0.25, 0.3) is 6.08 Å². The van der Waals surface area contributed by atoms with Crippen LogP contribution in [0.3, 0.4) is 0 Å². The average molecular weight is 259 g/mol. The summed E-state index contributed by atoms with van der Waals surface area (Å²) in [6.07, 6.45) is 4.91. The highest BCUT2D eigenvalue weighted by molar-refractivity contribution is 5.93. The van der Waals surface area contributed by atoms with E-state index in [4.69, 9.17) is 4.74 Å². The smallest absolute Gasteiger partial charge is 0.101 e. The second-order valence-electron chi connectivity index (χ2n) is 5.29. The SMILES string of the molecule is COC(C(=NO)C1C=Cc2ccccc2C1)C(C)C. The van der Waals surface area contributed by atoms with Crippen molar-refractivity contribution in [1.29, 1.82) is 0 Å². The predicted molar refractivity (Wildman–Crippen MR) is 77.5 cm³/mol. The first-order valence-corrected chi connectivity index (χ1v) is 6.68. The summed E-state index contributed by atoms with van der Waals surface area (Å²) in [5.74, 6) is 0.383. The Morgan fingerprint density at radius 2 is 2.11 bits per heavy atom. The highest BCUT2D eigenvalue weighted by Gasteiger charge is 2.28. The van der Waals surface area contributed by atoms with Crippen molar-refractivity contribution < 1.29 is 9.94 Å². The maximum absolute atomic E-state index is 9.35. The summed E-state index contributed by atoms with van der Waals surface area (Å²) < 4.78 is 5.48. The Morgan fingerprint density at radius 1 is 1.37 bits per heavy atom. The molecule has 0 amide bonds. The third-order valence-electron chi connectivity index (χ3n) is 3.65. The highest BCUT2D eigenvalue weighted by atomic mass is 16.5. The normalized spacial score (nSPS) is 20.4. The molecule has 0 saturated heterocycles. The van der Waals surface area contributed by atoms with E-state index in [1.807, 2.05) is 12.1 Å². The third kappa shape index (κ3) is 2.87. The van der Waals surface area contributed by atoms with E-state index < -0.39 is 0 Å². The zero-order valence-corrected chi connectivity index (χ0v) is 11.7. The molecule has 0 aliphatic heterocycles. The Hall–Kier alpha value is -1.61. The number of oxime groups is 1. The number of fused-ring (bicyclic) bond motifs is 1. The van der Waals surface area contributed by atoms with E-state index in [-0.39, 0.29) is 17.9 Å². The number of hydrogen-bond donors (Lipinski definition) is 1. The monoisotopic (exact) mass is 259 g/mol. The second-order valence-corrected chi connectivity index (χ2v) is 5.29. The van der Waals surface area contributed by atoms with Crippen molar-refractivity contribution in [3.05, 3.63) is 41.5 Å². The van der Waals surface area contributed by atoms with Crippen molar-refractivity contribution in [3.8, 4) is 0 Å². The molecule has 19 heavy (non-hydrogen) atoms. The van der Waals surface area contributed by atoms with Crippen LogP contribution in [0.15, 0.2) is 35.5 Å². The summed E-state index contributed by atoms with van der Waals surface area (Å²) in [4.78, 5) is 0. The number of rotatable bonds is 4. The van der Waals surface area contributed by atoms with Gasteiger partial charge in [-0.25, -0.2) is 0 Å². The molecule has 0 saturated carbocycles. The number of methoxy groups -OCH3 is 1. The van der Waals surface area contributed by atoms with Gasteiger partial charge < -0.3 is 9.94 Å². The summed E-state index contributed by atoms with van der Waals surface area (Å²) in [6, 6.07) is 8.31. The topological polar surface area (TPSA) is 41.8 Å². The molecule has 2 unspecified atom stereocenters. The summed E-state index contributed by atoms with van der Waals surface area (Å²) in [5.41, 5.74) is 3.24. The molecule has 0 aromatic heterocycles. The summed E-state index contributed by atoms with van der Waals surface area (Å²) >= 11 is 0. The molecule has 0 spiro atoms. The summed E-state index contributed by atoms with van der Waals surface area (Å²) in [7, 11) is 1.66. The molecular weight excluding hydrogens is 238 g/mol. The van der Waals surface area contributed by atoms with E-state index in [9.17, 15) is 5.21 Å². The Balaban J connectivity index is 2.24. The minimum Gasteiger partial charge on any atom is -0.411 e. The van der Waals surface area contributed by atoms with Gasteiger partial charge in [-0.15, -0.1) is 0 Å². The van der Waals surface area contributed by atoms with Crippen molar-refractivity contribution in [1.82, 2.24) is 0 Å². The fourth-order valence-corrected chi connectivity index (χ4v) is 2.69. The van der Waals surface area contributed by atoms with Gasteiger partial charge in [0.15, 0.2) is 0 Å².